The van der Waals surface area contributed by atoms with Gasteiger partial charge in [-0.3, -0.25) is 4.79 Å². The molecule has 0 atom stereocenters. The number of halogens is 2. The van der Waals surface area contributed by atoms with Gasteiger partial charge >= 0.3 is 6.03 Å². The molecular formula is C17H12F2N2O2. The second-order valence-corrected chi connectivity index (χ2v) is 5.14. The molecule has 1 N–H and O–H groups in total. The molecule has 116 valence electrons. The van der Waals surface area contributed by atoms with Gasteiger partial charge in [0.05, 0.1) is 5.69 Å². The van der Waals surface area contributed by atoms with Gasteiger partial charge in [0.15, 0.2) is 0 Å². The minimum absolute atomic E-state index is 0.00233. The largest absolute Gasteiger partial charge is 0.333 e. The van der Waals surface area contributed by atoms with Gasteiger partial charge in [-0.25, -0.2) is 18.5 Å². The number of aryl methyl sites for hydroxylation is 1. The quantitative estimate of drug-likeness (QED) is 0.682. The van der Waals surface area contributed by atoms with Crippen LogP contribution in [-0.4, -0.2) is 11.9 Å². The maximum atomic E-state index is 13.8. The van der Waals surface area contributed by atoms with Gasteiger partial charge in [-0.1, -0.05) is 29.8 Å². The second-order valence-electron chi connectivity index (χ2n) is 5.14. The molecule has 4 nitrogen and oxygen atoms in total. The zero-order valence-electron chi connectivity index (χ0n) is 12.1. The summed E-state index contributed by atoms with van der Waals surface area (Å²) in [6.45, 7) is 1.92. The lowest BCUT2D eigenvalue weighted by atomic mass is 10.1. The lowest BCUT2D eigenvalue weighted by molar-refractivity contribution is -0.113. The first-order valence-electron chi connectivity index (χ1n) is 6.84. The number of carbonyl (C=O) groups excluding carboxylic acids is 2. The molecule has 6 heteroatoms. The summed E-state index contributed by atoms with van der Waals surface area (Å²) in [5, 5.41) is 2.37. The van der Waals surface area contributed by atoms with Crippen molar-refractivity contribution in [1.82, 2.24) is 5.32 Å². The van der Waals surface area contributed by atoms with Crippen molar-refractivity contribution in [2.75, 3.05) is 4.90 Å². The van der Waals surface area contributed by atoms with Gasteiger partial charge in [0.2, 0.25) is 0 Å². The Balaban J connectivity index is 1.97. The maximum Gasteiger partial charge on any atom is 0.333 e. The summed E-state index contributed by atoms with van der Waals surface area (Å²) in [5.74, 6) is -2.33. The van der Waals surface area contributed by atoms with Crippen molar-refractivity contribution in [1.29, 1.82) is 0 Å². The van der Waals surface area contributed by atoms with E-state index >= 15 is 0 Å². The average molecular weight is 314 g/mol. The number of nitrogens with zero attached hydrogens (tertiary/aromatic N) is 1. The molecule has 1 aliphatic heterocycles. The van der Waals surface area contributed by atoms with Crippen molar-refractivity contribution in [3.63, 3.8) is 0 Å². The lowest BCUT2D eigenvalue weighted by Gasteiger charge is -2.12. The fourth-order valence-electron chi connectivity index (χ4n) is 2.24. The number of carbonyl (C=O) groups is 2. The van der Waals surface area contributed by atoms with E-state index in [9.17, 15) is 18.4 Å². The molecule has 3 amide bonds. The third kappa shape index (κ3) is 2.83. The second kappa shape index (κ2) is 5.64. The molecule has 3 rings (SSSR count). The molecule has 0 spiro atoms. The summed E-state index contributed by atoms with van der Waals surface area (Å²) in [5.41, 5.74) is 1.35. The summed E-state index contributed by atoms with van der Waals surface area (Å²) in [4.78, 5) is 24.9. The summed E-state index contributed by atoms with van der Waals surface area (Å²) in [6, 6.07) is 9.06. The minimum atomic E-state index is -0.855. The molecule has 1 saturated heterocycles. The van der Waals surface area contributed by atoms with Crippen molar-refractivity contribution < 1.29 is 18.4 Å². The third-order valence-corrected chi connectivity index (χ3v) is 3.42. The first-order valence-corrected chi connectivity index (χ1v) is 6.84. The zero-order chi connectivity index (χ0) is 16.6. The van der Waals surface area contributed by atoms with E-state index in [0.29, 0.717) is 10.5 Å². The Morgan fingerprint density at radius 3 is 2.43 bits per heavy atom. The minimum Gasteiger partial charge on any atom is -0.302 e. The van der Waals surface area contributed by atoms with E-state index in [4.69, 9.17) is 0 Å². The van der Waals surface area contributed by atoms with E-state index in [0.717, 1.165) is 23.8 Å². The fourth-order valence-corrected chi connectivity index (χ4v) is 2.24. The summed E-state index contributed by atoms with van der Waals surface area (Å²) >= 11 is 0. The molecule has 1 heterocycles. The van der Waals surface area contributed by atoms with Crippen molar-refractivity contribution >= 4 is 23.7 Å². The Morgan fingerprint density at radius 2 is 1.74 bits per heavy atom. The number of hydrogen-bond donors (Lipinski definition) is 1. The molecule has 0 unspecified atom stereocenters. The molecule has 1 aliphatic rings. The Hall–Kier alpha value is -3.02. The number of nitrogens with one attached hydrogen (secondary N) is 1. The molecular weight excluding hydrogens is 302 g/mol. The first-order chi connectivity index (χ1) is 11.0. The number of benzene rings is 2. The standard InChI is InChI=1S/C17H12F2N2O2/c1-10-2-4-11(5-3-10)8-14-16(22)21(17(23)20-14)15-9-12(18)6-7-13(15)19/h2-9H,1H3,(H,20,23)/b14-8-. The van der Waals surface area contributed by atoms with Gasteiger partial charge in [0.25, 0.3) is 5.91 Å². The topological polar surface area (TPSA) is 49.4 Å². The molecule has 23 heavy (non-hydrogen) atoms. The third-order valence-electron chi connectivity index (χ3n) is 3.42. The van der Waals surface area contributed by atoms with Crippen molar-refractivity contribution in [2.24, 2.45) is 0 Å². The molecule has 0 radical (unpaired) electrons. The van der Waals surface area contributed by atoms with Crippen LogP contribution in [0.2, 0.25) is 0 Å². The van der Waals surface area contributed by atoms with Crippen molar-refractivity contribution in [3.8, 4) is 0 Å². The van der Waals surface area contributed by atoms with Crippen LogP contribution in [0.5, 0.6) is 0 Å². The average Bonchev–Trinajstić information content (AvgIpc) is 2.78. The van der Waals surface area contributed by atoms with E-state index in [1.807, 2.05) is 19.1 Å². The number of hydrogen-bond acceptors (Lipinski definition) is 2. The van der Waals surface area contributed by atoms with Gasteiger partial charge in [0.1, 0.15) is 17.3 Å². The smallest absolute Gasteiger partial charge is 0.302 e. The van der Waals surface area contributed by atoms with Crippen molar-refractivity contribution in [2.45, 2.75) is 6.92 Å². The highest BCUT2D eigenvalue weighted by atomic mass is 19.1. The fraction of sp³-hybridized carbons (Fsp3) is 0.0588. The van der Waals surface area contributed by atoms with Gasteiger partial charge in [-0.15, -0.1) is 0 Å². The predicted molar refractivity (Wildman–Crippen MR) is 81.5 cm³/mol. The molecule has 0 bridgehead atoms. The van der Waals surface area contributed by atoms with E-state index in [-0.39, 0.29) is 5.70 Å². The Kier molecular flexibility index (Phi) is 3.65. The van der Waals surface area contributed by atoms with E-state index in [1.54, 1.807) is 12.1 Å². The van der Waals surface area contributed by atoms with Crippen LogP contribution >= 0.6 is 0 Å². The summed E-state index contributed by atoms with van der Waals surface area (Å²) in [7, 11) is 0. The molecule has 0 aliphatic carbocycles. The van der Waals surface area contributed by atoms with Crippen LogP contribution in [0.3, 0.4) is 0 Å². The number of urea groups is 1. The van der Waals surface area contributed by atoms with Crippen LogP contribution in [0.1, 0.15) is 11.1 Å². The number of rotatable bonds is 2. The van der Waals surface area contributed by atoms with Gasteiger partial charge < -0.3 is 5.32 Å². The van der Waals surface area contributed by atoms with E-state index < -0.39 is 29.3 Å². The van der Waals surface area contributed by atoms with Crippen LogP contribution in [-0.2, 0) is 4.79 Å². The molecule has 0 aromatic heterocycles. The molecule has 1 fully saturated rings. The number of amides is 3. The number of anilines is 1. The lowest BCUT2D eigenvalue weighted by Crippen LogP contribution is -2.31. The van der Waals surface area contributed by atoms with Gasteiger partial charge in [-0.05, 0) is 30.7 Å². The number of imide groups is 1. The van der Waals surface area contributed by atoms with Gasteiger partial charge in [-0.2, -0.15) is 0 Å². The van der Waals surface area contributed by atoms with Crippen molar-refractivity contribution in [3.05, 3.63) is 70.9 Å². The Bertz CT molecular complexity index is 829. The van der Waals surface area contributed by atoms with Crippen LogP contribution in [0.15, 0.2) is 48.2 Å². The predicted octanol–water partition coefficient (Wildman–Crippen LogP) is 3.37. The zero-order valence-corrected chi connectivity index (χ0v) is 12.1. The van der Waals surface area contributed by atoms with E-state index in [1.165, 1.54) is 6.08 Å². The SMILES string of the molecule is Cc1ccc(/C=C2\NC(=O)N(c3cc(F)ccc3F)C2=O)cc1. The highest BCUT2D eigenvalue weighted by molar-refractivity contribution is 6.28. The summed E-state index contributed by atoms with van der Waals surface area (Å²) < 4.78 is 27.1. The van der Waals surface area contributed by atoms with Crippen LogP contribution < -0.4 is 10.2 Å². The van der Waals surface area contributed by atoms with Crippen LogP contribution in [0, 0.1) is 18.6 Å². The Labute approximate surface area is 131 Å². The van der Waals surface area contributed by atoms with Gasteiger partial charge in [0, 0.05) is 6.07 Å². The normalized spacial score (nSPS) is 16.1. The van der Waals surface area contributed by atoms with Crippen LogP contribution in [0.4, 0.5) is 19.3 Å². The molecule has 2 aromatic rings. The Morgan fingerprint density at radius 1 is 1.04 bits per heavy atom. The van der Waals surface area contributed by atoms with E-state index in [2.05, 4.69) is 5.32 Å². The molecule has 0 saturated carbocycles. The molecule has 2 aromatic carbocycles. The van der Waals surface area contributed by atoms with Crippen LogP contribution in [0.25, 0.3) is 6.08 Å². The highest BCUT2D eigenvalue weighted by Crippen LogP contribution is 2.26. The maximum absolute atomic E-state index is 13.8. The first kappa shape index (κ1) is 14.9. The summed E-state index contributed by atoms with van der Waals surface area (Å²) in [6.07, 6.45) is 1.48. The highest BCUT2D eigenvalue weighted by Gasteiger charge is 2.36. The monoisotopic (exact) mass is 314 g/mol.